The molecule has 0 saturated carbocycles. The van der Waals surface area contributed by atoms with Gasteiger partial charge in [-0.25, -0.2) is 0 Å². The van der Waals surface area contributed by atoms with Crippen LogP contribution in [0.5, 0.6) is 28.7 Å². The Bertz CT molecular complexity index is 1420. The Kier molecular flexibility index (Phi) is 6.98. The molecule has 1 aliphatic heterocycles. The van der Waals surface area contributed by atoms with Crippen molar-refractivity contribution in [3.05, 3.63) is 80.9 Å². The molecule has 1 atom stereocenters. The van der Waals surface area contributed by atoms with E-state index in [9.17, 15) is 20.1 Å². The Labute approximate surface area is 219 Å². The van der Waals surface area contributed by atoms with E-state index in [-0.39, 0.29) is 32.4 Å². The first-order valence-corrected chi connectivity index (χ1v) is 11.9. The summed E-state index contributed by atoms with van der Waals surface area (Å²) in [6, 6.07) is 10.5. The van der Waals surface area contributed by atoms with Crippen molar-refractivity contribution in [3.63, 3.8) is 0 Å². The van der Waals surface area contributed by atoms with Crippen LogP contribution in [-0.4, -0.2) is 49.2 Å². The number of methoxy groups -OCH3 is 3. The Morgan fingerprint density at radius 2 is 1.61 bits per heavy atom. The van der Waals surface area contributed by atoms with Gasteiger partial charge < -0.3 is 39.0 Å². The standard InChI is InChI=1S/C29H28O9/c1-34-24-10-16(8-18(12-31)28(24)35-2)25-19(6-15-4-5-22-23(7-15)38-14-37-22)27(33)20-9-17(11-30)21(13-32)29(36-3)26(20)25/h4-10,25,30-32H,11-14H2,1-3H3. The van der Waals surface area contributed by atoms with Crippen LogP contribution in [0.1, 0.15) is 49.7 Å². The maximum Gasteiger partial charge on any atom is 0.231 e. The SMILES string of the molecule is COc1cc(C2C(=Cc3ccc4c(c3)OCO4)C(=O)c3cc(CO)c(CO)c(OC)c32)cc(CO)c1OC. The number of carbonyl (C=O) groups is 1. The Morgan fingerprint density at radius 3 is 2.26 bits per heavy atom. The summed E-state index contributed by atoms with van der Waals surface area (Å²) in [5.74, 6) is 1.42. The van der Waals surface area contributed by atoms with Gasteiger partial charge >= 0.3 is 0 Å². The average molecular weight is 521 g/mol. The lowest BCUT2D eigenvalue weighted by Gasteiger charge is -2.22. The van der Waals surface area contributed by atoms with Gasteiger partial charge in [-0.2, -0.15) is 0 Å². The fraction of sp³-hybridized carbons (Fsp3) is 0.276. The van der Waals surface area contributed by atoms with Crippen molar-refractivity contribution in [1.82, 2.24) is 0 Å². The third-order valence-corrected chi connectivity index (χ3v) is 6.95. The Morgan fingerprint density at radius 1 is 0.868 bits per heavy atom. The number of allylic oxidation sites excluding steroid dienone is 1. The summed E-state index contributed by atoms with van der Waals surface area (Å²) >= 11 is 0. The predicted molar refractivity (Wildman–Crippen MR) is 137 cm³/mol. The summed E-state index contributed by atoms with van der Waals surface area (Å²) in [6.07, 6.45) is 1.78. The van der Waals surface area contributed by atoms with E-state index in [1.807, 2.05) is 6.07 Å². The number of ketones is 1. The molecule has 0 aromatic heterocycles. The summed E-state index contributed by atoms with van der Waals surface area (Å²) < 4.78 is 27.7. The minimum absolute atomic E-state index is 0.128. The molecule has 1 unspecified atom stereocenters. The Balaban J connectivity index is 1.80. The molecule has 0 radical (unpaired) electrons. The first kappa shape index (κ1) is 25.6. The second kappa shape index (κ2) is 10.4. The van der Waals surface area contributed by atoms with E-state index < -0.39 is 5.92 Å². The first-order valence-electron chi connectivity index (χ1n) is 11.9. The zero-order valence-corrected chi connectivity index (χ0v) is 21.2. The molecule has 1 aliphatic carbocycles. The smallest absolute Gasteiger partial charge is 0.231 e. The highest BCUT2D eigenvalue weighted by molar-refractivity contribution is 6.18. The van der Waals surface area contributed by atoms with Gasteiger partial charge in [0.1, 0.15) is 5.75 Å². The highest BCUT2D eigenvalue weighted by Gasteiger charge is 2.40. The molecule has 0 bridgehead atoms. The molecule has 3 aromatic carbocycles. The van der Waals surface area contributed by atoms with Gasteiger partial charge in [-0.3, -0.25) is 4.79 Å². The van der Waals surface area contributed by atoms with Crippen LogP contribution in [0, 0.1) is 0 Å². The van der Waals surface area contributed by atoms with Crippen molar-refractivity contribution >= 4 is 11.9 Å². The van der Waals surface area contributed by atoms with Crippen LogP contribution in [0.4, 0.5) is 0 Å². The number of rotatable bonds is 8. The Hall–Kier alpha value is -4.05. The minimum atomic E-state index is -0.638. The fourth-order valence-electron chi connectivity index (χ4n) is 5.26. The normalized spacial score (nSPS) is 16.6. The van der Waals surface area contributed by atoms with Gasteiger partial charge in [-0.15, -0.1) is 0 Å². The van der Waals surface area contributed by atoms with E-state index in [0.717, 1.165) is 5.56 Å². The molecule has 5 rings (SSSR count). The van der Waals surface area contributed by atoms with Crippen LogP contribution in [0.3, 0.4) is 0 Å². The predicted octanol–water partition coefficient (Wildman–Crippen LogP) is 3.33. The van der Waals surface area contributed by atoms with E-state index in [0.29, 0.717) is 67.7 Å². The van der Waals surface area contributed by atoms with E-state index in [1.165, 1.54) is 21.3 Å². The molecule has 1 heterocycles. The highest BCUT2D eigenvalue weighted by atomic mass is 16.7. The lowest BCUT2D eigenvalue weighted by molar-refractivity contribution is 0.103. The van der Waals surface area contributed by atoms with Crippen molar-refractivity contribution in [1.29, 1.82) is 0 Å². The zero-order valence-electron chi connectivity index (χ0n) is 21.2. The number of hydrogen-bond acceptors (Lipinski definition) is 9. The average Bonchev–Trinajstić information content (AvgIpc) is 3.53. The van der Waals surface area contributed by atoms with Crippen LogP contribution in [0.15, 0.2) is 42.0 Å². The molecular weight excluding hydrogens is 492 g/mol. The molecule has 0 spiro atoms. The van der Waals surface area contributed by atoms with Gasteiger partial charge in [0.25, 0.3) is 0 Å². The minimum Gasteiger partial charge on any atom is -0.496 e. The molecule has 0 saturated heterocycles. The molecule has 9 nitrogen and oxygen atoms in total. The largest absolute Gasteiger partial charge is 0.496 e. The van der Waals surface area contributed by atoms with Crippen molar-refractivity contribution in [2.24, 2.45) is 0 Å². The number of ether oxygens (including phenoxy) is 5. The number of hydrogen-bond donors (Lipinski definition) is 3. The molecule has 9 heteroatoms. The summed E-state index contributed by atoms with van der Waals surface area (Å²) in [5, 5.41) is 30.2. The number of benzene rings is 3. The van der Waals surface area contributed by atoms with Crippen LogP contribution < -0.4 is 23.7 Å². The quantitative estimate of drug-likeness (QED) is 0.384. The summed E-state index contributed by atoms with van der Waals surface area (Å²) in [6.45, 7) is -0.945. The second-order valence-electron chi connectivity index (χ2n) is 8.87. The summed E-state index contributed by atoms with van der Waals surface area (Å²) in [7, 11) is 4.45. The van der Waals surface area contributed by atoms with E-state index in [1.54, 1.807) is 36.4 Å². The molecule has 2 aliphatic rings. The van der Waals surface area contributed by atoms with Crippen LogP contribution in [0.2, 0.25) is 0 Å². The first-order chi connectivity index (χ1) is 18.5. The number of fused-ring (bicyclic) bond motifs is 2. The maximum atomic E-state index is 14.0. The maximum absolute atomic E-state index is 14.0. The van der Waals surface area contributed by atoms with Gasteiger partial charge in [0, 0.05) is 33.7 Å². The molecule has 0 amide bonds. The molecule has 0 fully saturated rings. The number of aliphatic hydroxyl groups excluding tert-OH is 3. The lowest BCUT2D eigenvalue weighted by atomic mass is 9.85. The summed E-state index contributed by atoms with van der Waals surface area (Å²) in [5.41, 5.74) is 4.03. The lowest BCUT2D eigenvalue weighted by Crippen LogP contribution is -2.08. The third-order valence-electron chi connectivity index (χ3n) is 6.95. The van der Waals surface area contributed by atoms with E-state index >= 15 is 0 Å². The van der Waals surface area contributed by atoms with Crippen LogP contribution in [-0.2, 0) is 19.8 Å². The number of aliphatic hydroxyl groups is 3. The molecule has 3 N–H and O–H groups in total. The number of Topliss-reactive ketones (excluding diaryl/α,β-unsaturated/α-hetero) is 1. The fourth-order valence-corrected chi connectivity index (χ4v) is 5.26. The number of carbonyl (C=O) groups excluding carboxylic acids is 1. The van der Waals surface area contributed by atoms with E-state index in [2.05, 4.69) is 0 Å². The van der Waals surface area contributed by atoms with Gasteiger partial charge in [-0.05, 0) is 53.1 Å². The van der Waals surface area contributed by atoms with E-state index in [4.69, 9.17) is 23.7 Å². The summed E-state index contributed by atoms with van der Waals surface area (Å²) in [4.78, 5) is 14.0. The van der Waals surface area contributed by atoms with Crippen LogP contribution >= 0.6 is 0 Å². The van der Waals surface area contributed by atoms with Gasteiger partial charge in [0.2, 0.25) is 6.79 Å². The monoisotopic (exact) mass is 520 g/mol. The molecular formula is C29H28O9. The zero-order chi connectivity index (χ0) is 27.0. The molecule has 3 aromatic rings. The van der Waals surface area contributed by atoms with Gasteiger partial charge in [-0.1, -0.05) is 6.07 Å². The van der Waals surface area contributed by atoms with Gasteiger partial charge in [0.05, 0.1) is 41.2 Å². The third kappa shape index (κ3) is 4.05. The molecule has 198 valence electrons. The molecule has 38 heavy (non-hydrogen) atoms. The highest BCUT2D eigenvalue weighted by Crippen LogP contribution is 2.51. The van der Waals surface area contributed by atoms with Crippen molar-refractivity contribution < 1.29 is 43.8 Å². The van der Waals surface area contributed by atoms with Crippen molar-refractivity contribution in [3.8, 4) is 28.7 Å². The van der Waals surface area contributed by atoms with Gasteiger partial charge in [0.15, 0.2) is 28.8 Å². The van der Waals surface area contributed by atoms with Crippen LogP contribution in [0.25, 0.3) is 6.08 Å². The topological polar surface area (TPSA) is 124 Å². The van der Waals surface area contributed by atoms with Crippen molar-refractivity contribution in [2.45, 2.75) is 25.7 Å². The van der Waals surface area contributed by atoms with Crippen molar-refractivity contribution in [2.75, 3.05) is 28.1 Å². The second-order valence-corrected chi connectivity index (χ2v) is 8.87.